The average molecular weight is 438 g/mol. The van der Waals surface area contributed by atoms with Crippen LogP contribution >= 0.6 is 0 Å². The van der Waals surface area contributed by atoms with E-state index in [0.29, 0.717) is 35.0 Å². The van der Waals surface area contributed by atoms with Gasteiger partial charge in [0.05, 0.1) is 16.8 Å². The molecule has 3 aromatic rings. The van der Waals surface area contributed by atoms with Crippen molar-refractivity contribution in [2.45, 2.75) is 18.7 Å². The van der Waals surface area contributed by atoms with E-state index in [9.17, 15) is 13.2 Å². The molecule has 0 aliphatic rings. The number of benzene rings is 2. The zero-order valence-electron chi connectivity index (χ0n) is 17.3. The lowest BCUT2D eigenvalue weighted by Gasteiger charge is -2.11. The second-order valence-corrected chi connectivity index (χ2v) is 8.54. The van der Waals surface area contributed by atoms with Gasteiger partial charge in [-0.2, -0.15) is 0 Å². The summed E-state index contributed by atoms with van der Waals surface area (Å²) in [6.07, 6.45) is 2.99. The molecule has 160 valence electrons. The van der Waals surface area contributed by atoms with Crippen molar-refractivity contribution in [2.24, 2.45) is 0 Å². The van der Waals surface area contributed by atoms with Gasteiger partial charge in [-0.15, -0.1) is 6.58 Å². The number of rotatable bonds is 8. The Morgan fingerprint density at radius 2 is 1.84 bits per heavy atom. The lowest BCUT2D eigenvalue weighted by Crippen LogP contribution is -2.22. The number of nitrogens with one attached hydrogen (secondary N) is 2. The number of sulfonamides is 1. The molecule has 0 aliphatic carbocycles. The van der Waals surface area contributed by atoms with Crippen LogP contribution in [-0.2, 0) is 10.0 Å². The molecule has 0 atom stereocenters. The molecule has 0 aliphatic heterocycles. The van der Waals surface area contributed by atoms with E-state index in [1.54, 1.807) is 61.5 Å². The first-order valence-electron chi connectivity index (χ1n) is 9.51. The molecule has 2 N–H and O–H groups in total. The van der Waals surface area contributed by atoms with E-state index in [-0.39, 0.29) is 10.8 Å². The fraction of sp³-hybridized carbons (Fsp3) is 0.130. The maximum atomic E-state index is 12.7. The maximum Gasteiger partial charge on any atom is 0.262 e. The van der Waals surface area contributed by atoms with Crippen LogP contribution in [0.5, 0.6) is 11.6 Å². The predicted molar refractivity (Wildman–Crippen MR) is 120 cm³/mol. The van der Waals surface area contributed by atoms with Crippen molar-refractivity contribution in [1.29, 1.82) is 0 Å². The van der Waals surface area contributed by atoms with Gasteiger partial charge in [0.1, 0.15) is 5.75 Å². The molecule has 1 heterocycles. The van der Waals surface area contributed by atoms with Gasteiger partial charge in [-0.05, 0) is 55.8 Å². The Hall–Kier alpha value is -3.65. The number of amides is 1. The van der Waals surface area contributed by atoms with Crippen molar-refractivity contribution in [3.05, 3.63) is 90.1 Å². The van der Waals surface area contributed by atoms with Gasteiger partial charge >= 0.3 is 0 Å². The monoisotopic (exact) mass is 437 g/mol. The molecule has 7 nitrogen and oxygen atoms in total. The van der Waals surface area contributed by atoms with Crippen LogP contribution in [0.3, 0.4) is 0 Å². The number of aromatic nitrogens is 1. The van der Waals surface area contributed by atoms with Crippen molar-refractivity contribution in [1.82, 2.24) is 10.3 Å². The van der Waals surface area contributed by atoms with Crippen molar-refractivity contribution < 1.29 is 17.9 Å². The highest BCUT2D eigenvalue weighted by Gasteiger charge is 2.17. The number of hydrogen-bond acceptors (Lipinski definition) is 5. The van der Waals surface area contributed by atoms with Crippen LogP contribution in [0, 0.1) is 13.8 Å². The molecular formula is C23H23N3O4S. The van der Waals surface area contributed by atoms with Gasteiger partial charge in [-0.25, -0.2) is 13.4 Å². The van der Waals surface area contributed by atoms with Crippen LogP contribution < -0.4 is 14.8 Å². The summed E-state index contributed by atoms with van der Waals surface area (Å²) in [7, 11) is -3.73. The number of ether oxygens (including phenoxy) is 1. The summed E-state index contributed by atoms with van der Waals surface area (Å²) >= 11 is 0. The van der Waals surface area contributed by atoms with Crippen LogP contribution in [0.15, 0.2) is 78.3 Å². The zero-order chi connectivity index (χ0) is 22.4. The van der Waals surface area contributed by atoms with E-state index >= 15 is 0 Å². The fourth-order valence-electron chi connectivity index (χ4n) is 2.87. The molecule has 31 heavy (non-hydrogen) atoms. The highest BCUT2D eigenvalue weighted by Crippen LogP contribution is 2.23. The van der Waals surface area contributed by atoms with Gasteiger partial charge in [0.2, 0.25) is 5.88 Å². The second kappa shape index (κ2) is 9.44. The summed E-state index contributed by atoms with van der Waals surface area (Å²) in [5, 5.41) is 2.69. The Balaban J connectivity index is 1.66. The molecule has 0 radical (unpaired) electrons. The van der Waals surface area contributed by atoms with Crippen molar-refractivity contribution in [2.75, 3.05) is 11.3 Å². The first-order valence-corrected chi connectivity index (χ1v) is 11.0. The van der Waals surface area contributed by atoms with Crippen LogP contribution in [-0.4, -0.2) is 25.9 Å². The number of anilines is 1. The number of carbonyl (C=O) groups excluding carboxylic acids is 1. The zero-order valence-corrected chi connectivity index (χ0v) is 18.1. The molecule has 0 saturated heterocycles. The molecule has 0 fully saturated rings. The molecule has 0 unspecified atom stereocenters. The highest BCUT2D eigenvalue weighted by molar-refractivity contribution is 7.92. The van der Waals surface area contributed by atoms with E-state index in [1.165, 1.54) is 6.20 Å². The van der Waals surface area contributed by atoms with Gasteiger partial charge in [-0.1, -0.05) is 23.8 Å². The Labute approximate surface area is 181 Å². The van der Waals surface area contributed by atoms with Gasteiger partial charge in [0.25, 0.3) is 15.9 Å². The summed E-state index contributed by atoms with van der Waals surface area (Å²) < 4.78 is 33.5. The van der Waals surface area contributed by atoms with Gasteiger partial charge in [0.15, 0.2) is 0 Å². The topological polar surface area (TPSA) is 97.4 Å². The van der Waals surface area contributed by atoms with E-state index in [0.717, 1.165) is 5.56 Å². The molecule has 0 spiro atoms. The third-order valence-corrected chi connectivity index (χ3v) is 5.90. The van der Waals surface area contributed by atoms with Crippen LogP contribution in [0.1, 0.15) is 21.5 Å². The number of hydrogen-bond donors (Lipinski definition) is 2. The predicted octanol–water partition coefficient (Wildman–Crippen LogP) is 4.21. The van der Waals surface area contributed by atoms with E-state index in [1.807, 2.05) is 13.0 Å². The molecule has 0 saturated carbocycles. The SMILES string of the molecule is C=CCNC(=O)c1ccc(Oc2ccc(NS(=O)(=O)c3ccc(C)cc3C)cn2)cc1. The summed E-state index contributed by atoms with van der Waals surface area (Å²) in [5.74, 6) is 0.583. The van der Waals surface area contributed by atoms with E-state index < -0.39 is 10.0 Å². The minimum Gasteiger partial charge on any atom is -0.439 e. The van der Waals surface area contributed by atoms with Crippen molar-refractivity contribution >= 4 is 21.6 Å². The average Bonchev–Trinajstić information content (AvgIpc) is 2.73. The number of aryl methyl sites for hydroxylation is 2. The normalized spacial score (nSPS) is 10.9. The maximum absolute atomic E-state index is 12.7. The van der Waals surface area contributed by atoms with Gasteiger partial charge in [-0.3, -0.25) is 9.52 Å². The standard InChI is InChI=1S/C23H23N3O4S/c1-4-13-24-23(27)18-6-9-20(10-7-18)30-22-12-8-19(15-25-22)26-31(28,29)21-11-5-16(2)14-17(21)3/h4-12,14-15,26H,1,13H2,2-3H3,(H,24,27). The quantitative estimate of drug-likeness (QED) is 0.515. The van der Waals surface area contributed by atoms with Crippen LogP contribution in [0.2, 0.25) is 0 Å². The molecule has 1 aromatic heterocycles. The number of pyridine rings is 1. The molecule has 0 bridgehead atoms. The minimum atomic E-state index is -3.73. The molecular weight excluding hydrogens is 414 g/mol. The Morgan fingerprint density at radius 3 is 2.45 bits per heavy atom. The first-order chi connectivity index (χ1) is 14.8. The van der Waals surface area contributed by atoms with Gasteiger partial charge in [0, 0.05) is 18.2 Å². The Morgan fingerprint density at radius 1 is 1.10 bits per heavy atom. The van der Waals surface area contributed by atoms with Crippen molar-refractivity contribution in [3.63, 3.8) is 0 Å². The van der Waals surface area contributed by atoms with Crippen molar-refractivity contribution in [3.8, 4) is 11.6 Å². The lowest BCUT2D eigenvalue weighted by atomic mass is 10.2. The molecule has 3 rings (SSSR count). The molecule has 2 aromatic carbocycles. The van der Waals surface area contributed by atoms with E-state index in [2.05, 4.69) is 21.6 Å². The Bertz CT molecular complexity index is 1190. The second-order valence-electron chi connectivity index (χ2n) is 6.88. The highest BCUT2D eigenvalue weighted by atomic mass is 32.2. The first kappa shape index (κ1) is 22.0. The largest absolute Gasteiger partial charge is 0.439 e. The fourth-order valence-corrected chi connectivity index (χ4v) is 4.15. The number of nitrogens with zero attached hydrogens (tertiary/aromatic N) is 1. The third kappa shape index (κ3) is 5.70. The lowest BCUT2D eigenvalue weighted by molar-refractivity contribution is 0.0958. The summed E-state index contributed by atoms with van der Waals surface area (Å²) in [6.45, 7) is 7.61. The smallest absolute Gasteiger partial charge is 0.262 e. The summed E-state index contributed by atoms with van der Waals surface area (Å²) in [5.41, 5.74) is 2.48. The number of carbonyl (C=O) groups is 1. The molecule has 1 amide bonds. The Kier molecular flexibility index (Phi) is 6.71. The van der Waals surface area contributed by atoms with Crippen LogP contribution in [0.4, 0.5) is 5.69 Å². The summed E-state index contributed by atoms with van der Waals surface area (Å²) in [6, 6.07) is 14.9. The molecule has 8 heteroatoms. The van der Waals surface area contributed by atoms with E-state index in [4.69, 9.17) is 4.74 Å². The minimum absolute atomic E-state index is 0.204. The van der Waals surface area contributed by atoms with Crippen LogP contribution in [0.25, 0.3) is 0 Å². The summed E-state index contributed by atoms with van der Waals surface area (Å²) in [4.78, 5) is 16.3. The van der Waals surface area contributed by atoms with Gasteiger partial charge < -0.3 is 10.1 Å². The third-order valence-electron chi connectivity index (χ3n) is 4.35.